The molecule has 0 saturated heterocycles. The van der Waals surface area contributed by atoms with Crippen molar-refractivity contribution in [3.63, 3.8) is 0 Å². The molecule has 4 N–H and O–H groups in total. The molecule has 0 aliphatic carbocycles. The number of hydrogen-bond acceptors (Lipinski definition) is 4. The van der Waals surface area contributed by atoms with E-state index < -0.39 is 18.1 Å². The van der Waals surface area contributed by atoms with Crippen LogP contribution in [-0.2, 0) is 9.53 Å². The van der Waals surface area contributed by atoms with Crippen molar-refractivity contribution in [3.05, 3.63) is 0 Å². The largest absolute Gasteiger partial charge is 0.450 e. The first-order chi connectivity index (χ1) is 5.57. The van der Waals surface area contributed by atoms with E-state index in [1.807, 2.05) is 0 Å². The van der Waals surface area contributed by atoms with Gasteiger partial charge in [0.1, 0.15) is 6.10 Å². The highest BCUT2D eigenvalue weighted by molar-refractivity contribution is 5.79. The van der Waals surface area contributed by atoms with Gasteiger partial charge >= 0.3 is 6.09 Å². The van der Waals surface area contributed by atoms with Crippen LogP contribution in [-0.4, -0.2) is 36.4 Å². The van der Waals surface area contributed by atoms with Crippen molar-refractivity contribution in [2.24, 2.45) is 5.73 Å². The van der Waals surface area contributed by atoms with Crippen LogP contribution < -0.4 is 11.1 Å². The van der Waals surface area contributed by atoms with Crippen LogP contribution in [0, 0.1) is 0 Å². The molecule has 1 atom stereocenters. The minimum absolute atomic E-state index is 0.228. The molecule has 0 fully saturated rings. The van der Waals surface area contributed by atoms with Gasteiger partial charge in [-0.1, -0.05) is 0 Å². The number of carbonyl (C=O) groups is 2. The van der Waals surface area contributed by atoms with E-state index in [4.69, 9.17) is 10.8 Å². The maximum absolute atomic E-state index is 10.6. The highest BCUT2D eigenvalue weighted by Gasteiger charge is 2.11. The normalized spacial score (nSPS) is 11.8. The molecule has 70 valence electrons. The van der Waals surface area contributed by atoms with Crippen molar-refractivity contribution in [2.45, 2.75) is 13.0 Å². The Labute approximate surface area is 69.7 Å². The summed E-state index contributed by atoms with van der Waals surface area (Å²) in [7, 11) is 0. The molecule has 0 spiro atoms. The van der Waals surface area contributed by atoms with Crippen LogP contribution in [0.1, 0.15) is 6.92 Å². The predicted octanol–water partition coefficient (Wildman–Crippen LogP) is -1.42. The molecule has 0 radical (unpaired) electrons. The number of alkyl carbamates (subject to hydrolysis) is 1. The first kappa shape index (κ1) is 10.7. The first-order valence-electron chi connectivity index (χ1n) is 3.46. The Morgan fingerprint density at radius 1 is 1.67 bits per heavy atom. The zero-order valence-corrected chi connectivity index (χ0v) is 6.74. The summed E-state index contributed by atoms with van der Waals surface area (Å²) in [4.78, 5) is 20.8. The van der Waals surface area contributed by atoms with Crippen LogP contribution in [0.25, 0.3) is 0 Å². The summed E-state index contributed by atoms with van der Waals surface area (Å²) < 4.78 is 4.46. The molecule has 0 aliphatic heterocycles. The van der Waals surface area contributed by atoms with Gasteiger partial charge in [-0.2, -0.15) is 0 Å². The van der Waals surface area contributed by atoms with Crippen molar-refractivity contribution in [2.75, 3.05) is 13.2 Å². The summed E-state index contributed by atoms with van der Waals surface area (Å²) in [5.74, 6) is -0.883. The highest BCUT2D eigenvalue weighted by Crippen LogP contribution is 1.80. The number of carbonyl (C=O) groups excluding carboxylic acids is 2. The Bertz CT molecular complexity index is 171. The average Bonchev–Trinajstić information content (AvgIpc) is 2.00. The van der Waals surface area contributed by atoms with Crippen LogP contribution in [0.3, 0.4) is 0 Å². The van der Waals surface area contributed by atoms with E-state index in [1.54, 1.807) is 6.92 Å². The molecule has 6 heteroatoms. The van der Waals surface area contributed by atoms with Crippen molar-refractivity contribution < 1.29 is 19.4 Å². The van der Waals surface area contributed by atoms with E-state index in [0.29, 0.717) is 0 Å². The molecule has 0 heterocycles. The van der Waals surface area contributed by atoms with Gasteiger partial charge in [-0.3, -0.25) is 4.79 Å². The number of ether oxygens (including phenoxy) is 1. The van der Waals surface area contributed by atoms with Gasteiger partial charge in [0.05, 0.1) is 13.2 Å². The number of rotatable bonds is 4. The lowest BCUT2D eigenvalue weighted by Crippen LogP contribution is -2.40. The molecule has 12 heavy (non-hydrogen) atoms. The zero-order chi connectivity index (χ0) is 9.56. The van der Waals surface area contributed by atoms with E-state index in [0.717, 1.165) is 0 Å². The Hall–Kier alpha value is -1.30. The molecule has 0 aliphatic rings. The molecule has 0 aromatic carbocycles. The van der Waals surface area contributed by atoms with Crippen LogP contribution in [0.2, 0.25) is 0 Å². The minimum Gasteiger partial charge on any atom is -0.450 e. The number of nitrogens with two attached hydrogens (primary N) is 1. The Morgan fingerprint density at radius 3 is 2.67 bits per heavy atom. The van der Waals surface area contributed by atoms with E-state index in [2.05, 4.69) is 10.1 Å². The van der Waals surface area contributed by atoms with Crippen LogP contribution in [0.4, 0.5) is 4.79 Å². The maximum atomic E-state index is 10.6. The van der Waals surface area contributed by atoms with E-state index in [1.165, 1.54) is 0 Å². The van der Waals surface area contributed by atoms with E-state index in [9.17, 15) is 9.59 Å². The number of amides is 2. The quantitative estimate of drug-likeness (QED) is 0.489. The van der Waals surface area contributed by atoms with Gasteiger partial charge < -0.3 is 20.9 Å². The predicted molar refractivity (Wildman–Crippen MR) is 40.2 cm³/mol. The fourth-order valence-electron chi connectivity index (χ4n) is 0.463. The number of primary amides is 1. The number of aliphatic hydroxyl groups excluding tert-OH is 1. The molecule has 6 nitrogen and oxygen atoms in total. The lowest BCUT2D eigenvalue weighted by atomic mass is 10.3. The molecule has 0 saturated carbocycles. The maximum Gasteiger partial charge on any atom is 0.407 e. The zero-order valence-electron chi connectivity index (χ0n) is 6.74. The third kappa shape index (κ3) is 4.51. The van der Waals surface area contributed by atoms with Gasteiger partial charge in [0, 0.05) is 0 Å². The highest BCUT2D eigenvalue weighted by atomic mass is 16.5. The third-order valence-electron chi connectivity index (χ3n) is 1.04. The molecule has 0 bridgehead atoms. The summed E-state index contributed by atoms with van der Waals surface area (Å²) in [6, 6.07) is 0. The number of nitrogens with one attached hydrogen (secondary N) is 1. The summed E-state index contributed by atoms with van der Waals surface area (Å²) in [5, 5.41) is 11.0. The van der Waals surface area contributed by atoms with E-state index >= 15 is 0 Å². The molecule has 2 amide bonds. The molecular weight excluding hydrogens is 164 g/mol. The lowest BCUT2D eigenvalue weighted by molar-refractivity contribution is -0.125. The lowest BCUT2D eigenvalue weighted by Gasteiger charge is -2.07. The first-order valence-corrected chi connectivity index (χ1v) is 3.46. The fourth-order valence-corrected chi connectivity index (χ4v) is 0.463. The Morgan fingerprint density at radius 2 is 2.25 bits per heavy atom. The standard InChI is InChI=1S/C6H12N2O4/c1-2-12-6(11)8-3-4(9)5(7)10/h4,9H,2-3H2,1H3,(H2,7,10)(H,8,11). The topological polar surface area (TPSA) is 102 Å². The summed E-state index contributed by atoms with van der Waals surface area (Å²) in [6.07, 6.45) is -2.05. The second-order valence-corrected chi connectivity index (χ2v) is 2.02. The average molecular weight is 176 g/mol. The summed E-state index contributed by atoms with van der Waals surface area (Å²) in [6.45, 7) is 1.65. The number of hydrogen-bond donors (Lipinski definition) is 3. The van der Waals surface area contributed by atoms with Crippen molar-refractivity contribution in [1.82, 2.24) is 5.32 Å². The summed E-state index contributed by atoms with van der Waals surface area (Å²) in [5.41, 5.74) is 4.72. The Balaban J connectivity index is 3.54. The van der Waals surface area contributed by atoms with Crippen LogP contribution in [0.5, 0.6) is 0 Å². The van der Waals surface area contributed by atoms with Gasteiger partial charge in [0.25, 0.3) is 0 Å². The second-order valence-electron chi connectivity index (χ2n) is 2.02. The monoisotopic (exact) mass is 176 g/mol. The van der Waals surface area contributed by atoms with Gasteiger partial charge in [-0.15, -0.1) is 0 Å². The summed E-state index contributed by atoms with van der Waals surface area (Å²) >= 11 is 0. The molecule has 0 aromatic rings. The van der Waals surface area contributed by atoms with Gasteiger partial charge in [0.2, 0.25) is 5.91 Å². The number of aliphatic hydroxyl groups is 1. The fraction of sp³-hybridized carbons (Fsp3) is 0.667. The van der Waals surface area contributed by atoms with Crippen LogP contribution >= 0.6 is 0 Å². The van der Waals surface area contributed by atoms with Crippen molar-refractivity contribution >= 4 is 12.0 Å². The van der Waals surface area contributed by atoms with Crippen molar-refractivity contribution in [3.8, 4) is 0 Å². The second kappa shape index (κ2) is 5.36. The van der Waals surface area contributed by atoms with Crippen LogP contribution in [0.15, 0.2) is 0 Å². The van der Waals surface area contributed by atoms with E-state index in [-0.39, 0.29) is 13.2 Å². The van der Waals surface area contributed by atoms with Gasteiger partial charge in [-0.05, 0) is 6.92 Å². The smallest absolute Gasteiger partial charge is 0.407 e. The van der Waals surface area contributed by atoms with Crippen molar-refractivity contribution in [1.29, 1.82) is 0 Å². The molecular formula is C6H12N2O4. The minimum atomic E-state index is -1.37. The SMILES string of the molecule is CCOC(=O)NCC(O)C(N)=O. The molecule has 1 unspecified atom stereocenters. The third-order valence-corrected chi connectivity index (χ3v) is 1.04. The molecule has 0 rings (SSSR count). The Kier molecular flexibility index (Phi) is 4.78. The van der Waals surface area contributed by atoms with Gasteiger partial charge in [-0.25, -0.2) is 4.79 Å². The van der Waals surface area contributed by atoms with Gasteiger partial charge in [0.15, 0.2) is 0 Å². The molecule has 0 aromatic heterocycles.